The molecule has 16 fully saturated rings. The molecule has 10 bridgehead atoms. The fourth-order valence-corrected chi connectivity index (χ4v) is 17.8. The van der Waals surface area contributed by atoms with Crippen LogP contribution in [0.4, 0.5) is 20.2 Å². The van der Waals surface area contributed by atoms with Gasteiger partial charge in [0.25, 0.3) is 0 Å². The van der Waals surface area contributed by atoms with E-state index in [9.17, 15) is 24.4 Å². The summed E-state index contributed by atoms with van der Waals surface area (Å²) in [7, 11) is 0. The molecular formula is C76H121Cl3N14O13. The van der Waals surface area contributed by atoms with Crippen molar-refractivity contribution in [1.82, 2.24) is 59.6 Å². The minimum Gasteiger partial charge on any atom is -0.444 e. The quantitative estimate of drug-likeness (QED) is 0.216. The Hall–Kier alpha value is -4.64. The van der Waals surface area contributed by atoms with Crippen molar-refractivity contribution in [3.63, 3.8) is 0 Å². The normalized spacial score (nSPS) is 30.3. The zero-order valence-corrected chi connectivity index (χ0v) is 67.9. The van der Waals surface area contributed by atoms with Gasteiger partial charge in [-0.15, -0.1) is 0 Å². The average Bonchev–Trinajstić information content (AvgIpc) is 1.61. The topological polar surface area (TPSA) is 265 Å². The van der Waals surface area contributed by atoms with Crippen molar-refractivity contribution in [3.8, 4) is 6.07 Å². The van der Waals surface area contributed by atoms with E-state index in [2.05, 4.69) is 81.3 Å². The summed E-state index contributed by atoms with van der Waals surface area (Å²) in [5.41, 5.74) is -0.870. The molecule has 17 heterocycles. The number of amides is 3. The van der Waals surface area contributed by atoms with Crippen LogP contribution in [0.3, 0.4) is 0 Å². The summed E-state index contributed by atoms with van der Waals surface area (Å²) in [5.74, 6) is 3.26. The van der Waals surface area contributed by atoms with E-state index in [1.807, 2.05) is 90.0 Å². The van der Waals surface area contributed by atoms with Gasteiger partial charge in [-0.25, -0.2) is 34.3 Å². The van der Waals surface area contributed by atoms with Gasteiger partial charge in [0.15, 0.2) is 11.3 Å². The molecule has 15 aliphatic heterocycles. The predicted molar refractivity (Wildman–Crippen MR) is 404 cm³/mol. The van der Waals surface area contributed by atoms with Crippen LogP contribution in [-0.4, -0.2) is 310 Å². The highest BCUT2D eigenvalue weighted by Crippen LogP contribution is 2.44. The SMILES string of the molecule is C1CCOC1.CC(C)(C)OC(=O)N1CC2CC[C@@H]1C2.CC(C)(C)OC(=O)N1CC2C[C@H]1CN2C1(C#N)COC1.CC(C)(C)OC(=O)N1CC2C[C@H]1CN2C1(C)COC1.CC1(N2C[C@@H]3CC2CN3)COC1.Cc1nc(Cl)cc(Cl)n1.Cc1nc(Cl)cc(N2C[C@@H]3C[C@H]2CN3C2(C)COC2)n1.O=C1COC1.[2H]CC. The van der Waals surface area contributed by atoms with Crippen LogP contribution in [0.15, 0.2) is 12.1 Å². The minimum atomic E-state index is -0.464. The molecule has 2 aromatic rings. The van der Waals surface area contributed by atoms with Crippen molar-refractivity contribution in [2.75, 3.05) is 143 Å². The molecule has 16 aliphatic rings. The molecule has 15 saturated heterocycles. The summed E-state index contributed by atoms with van der Waals surface area (Å²) in [4.78, 5) is 80.2. The minimum absolute atomic E-state index is 0.121. The number of nitrogens with zero attached hydrogens (tertiary/aromatic N) is 13. The number of hydrogen-bond acceptors (Lipinski definition) is 24. The first-order valence-corrected chi connectivity index (χ1v) is 39.5. The first kappa shape index (κ1) is 82.3. The fourth-order valence-electron chi connectivity index (χ4n) is 17.0. The highest BCUT2D eigenvalue weighted by atomic mass is 35.5. The van der Waals surface area contributed by atoms with E-state index in [0.29, 0.717) is 96.9 Å². The first-order chi connectivity index (χ1) is 50.4. The Morgan fingerprint density at radius 3 is 1.24 bits per heavy atom. The Kier molecular flexibility index (Phi) is 27.1. The van der Waals surface area contributed by atoms with Gasteiger partial charge < -0.3 is 67.5 Å². The monoisotopic (exact) mass is 1540 g/mol. The number of rotatable bonds is 5. The number of aryl methyl sites for hydroxylation is 2. The summed E-state index contributed by atoms with van der Waals surface area (Å²) in [6, 6.07) is 10.2. The number of carbonyl (C=O) groups is 4. The summed E-state index contributed by atoms with van der Waals surface area (Å²) in [6.45, 7) is 47.5. The van der Waals surface area contributed by atoms with Crippen LogP contribution in [0.1, 0.15) is 168 Å². The molecule has 1 aliphatic carbocycles. The van der Waals surface area contributed by atoms with Crippen molar-refractivity contribution in [2.45, 2.75) is 262 Å². The van der Waals surface area contributed by atoms with E-state index < -0.39 is 16.7 Å². The van der Waals surface area contributed by atoms with Crippen LogP contribution in [0, 0.1) is 31.1 Å². The van der Waals surface area contributed by atoms with Gasteiger partial charge in [-0.2, -0.15) is 5.26 Å². The van der Waals surface area contributed by atoms with Gasteiger partial charge in [0.05, 0.1) is 75.5 Å². The van der Waals surface area contributed by atoms with Gasteiger partial charge in [0, 0.05) is 140 Å². The number of piperazine rings is 4. The molecule has 2 aromatic heterocycles. The van der Waals surface area contributed by atoms with Crippen LogP contribution in [-0.2, 0) is 47.4 Å². The molecule has 1 N–H and O–H groups in total. The molecule has 18 rings (SSSR count). The van der Waals surface area contributed by atoms with E-state index in [0.717, 1.165) is 135 Å². The fraction of sp³-hybridized carbons (Fsp3) is 0.829. The number of fused-ring (bicyclic) bond motifs is 10. The predicted octanol–water partition coefficient (Wildman–Crippen LogP) is 9.66. The number of ketones is 1. The first-order valence-electron chi connectivity index (χ1n) is 39.0. The van der Waals surface area contributed by atoms with Gasteiger partial charge in [-0.1, -0.05) is 48.6 Å². The molecular weight excluding hydrogens is 1420 g/mol. The Morgan fingerprint density at radius 1 is 0.528 bits per heavy atom. The molecule has 0 spiro atoms. The molecule has 1 saturated carbocycles. The molecule has 4 unspecified atom stereocenters. The van der Waals surface area contributed by atoms with Crippen LogP contribution < -0.4 is 10.2 Å². The lowest BCUT2D eigenvalue weighted by Crippen LogP contribution is -2.66. The van der Waals surface area contributed by atoms with Gasteiger partial charge in [-0.3, -0.25) is 24.4 Å². The van der Waals surface area contributed by atoms with Crippen molar-refractivity contribution >= 4 is 64.7 Å². The van der Waals surface area contributed by atoms with E-state index in [1.54, 1.807) is 13.8 Å². The second-order valence-corrected chi connectivity index (χ2v) is 35.9. The maximum Gasteiger partial charge on any atom is 0.410 e. The molecule has 30 heteroatoms. The third-order valence-electron chi connectivity index (χ3n) is 22.3. The summed E-state index contributed by atoms with van der Waals surface area (Å²) in [6.07, 6.45) is 10.3. The van der Waals surface area contributed by atoms with E-state index >= 15 is 0 Å². The van der Waals surface area contributed by atoms with Crippen molar-refractivity contribution in [1.29, 1.82) is 5.26 Å². The third-order valence-corrected chi connectivity index (χ3v) is 22.9. The van der Waals surface area contributed by atoms with Gasteiger partial charge in [0.1, 0.15) is 62.9 Å². The average molecular weight is 1550 g/mol. The number of ether oxygens (including phenoxy) is 9. The number of Topliss-reactive ketones (excluding diaryl/α,β-unsaturated/α-hetero) is 1. The number of aromatic nitrogens is 4. The van der Waals surface area contributed by atoms with E-state index in [-0.39, 0.29) is 52.8 Å². The lowest BCUT2D eigenvalue weighted by atomic mass is 9.95. The van der Waals surface area contributed by atoms with Crippen molar-refractivity contribution < 1.29 is 63.2 Å². The molecule has 0 radical (unpaired) electrons. The number of hydrogen-bond donors (Lipinski definition) is 1. The number of anilines is 1. The zero-order valence-electron chi connectivity index (χ0n) is 66.6. The highest BCUT2D eigenvalue weighted by molar-refractivity contribution is 6.33. The number of nitrogens with one attached hydrogen (secondary N) is 1. The van der Waals surface area contributed by atoms with Gasteiger partial charge in [0.2, 0.25) is 0 Å². The number of likely N-dealkylation sites (tertiary alicyclic amines) is 7. The summed E-state index contributed by atoms with van der Waals surface area (Å²) < 4.78 is 53.2. The van der Waals surface area contributed by atoms with Crippen LogP contribution >= 0.6 is 34.8 Å². The van der Waals surface area contributed by atoms with Gasteiger partial charge in [-0.05, 0) is 161 Å². The number of nitriles is 1. The van der Waals surface area contributed by atoms with Crippen LogP contribution in [0.25, 0.3) is 0 Å². The molecule has 106 heavy (non-hydrogen) atoms. The Labute approximate surface area is 645 Å². The number of piperidine rings is 1. The van der Waals surface area contributed by atoms with E-state index in [4.69, 9.17) is 74.1 Å². The molecule has 3 amide bonds. The van der Waals surface area contributed by atoms with Gasteiger partial charge >= 0.3 is 18.3 Å². The maximum atomic E-state index is 12.2. The van der Waals surface area contributed by atoms with Crippen molar-refractivity contribution in [2.24, 2.45) is 5.92 Å². The Bertz CT molecular complexity index is 3300. The highest BCUT2D eigenvalue weighted by Gasteiger charge is 2.58. The van der Waals surface area contributed by atoms with E-state index in [1.165, 1.54) is 64.1 Å². The largest absolute Gasteiger partial charge is 0.444 e. The number of carbonyl (C=O) groups excluding carboxylic acids is 4. The maximum absolute atomic E-state index is 12.2. The zero-order chi connectivity index (χ0) is 77.6. The summed E-state index contributed by atoms with van der Waals surface area (Å²) >= 11 is 17.1. The van der Waals surface area contributed by atoms with Crippen molar-refractivity contribution in [3.05, 3.63) is 39.2 Å². The lowest BCUT2D eigenvalue weighted by molar-refractivity contribution is -0.142. The van der Waals surface area contributed by atoms with Crippen LogP contribution in [0.2, 0.25) is 15.5 Å². The second kappa shape index (κ2) is 35.0. The summed E-state index contributed by atoms with van der Waals surface area (Å²) in [5, 5.41) is 14.2. The molecule has 27 nitrogen and oxygen atoms in total. The second-order valence-electron chi connectivity index (χ2n) is 34.7. The molecule has 0 aromatic carbocycles. The standard InChI is InChI=1S/C14H19ClN4O.C14H21N3O3.C14H24N2O3.C11H19NO2.C9H16N2O.C5H4Cl2N2.C4H8O.C3H4O2.C2H6/c1-9-16-12(15)4-13(17-9)18-5-11-3-10(18)6-19(11)14(2)7-20-8-14;1-13(2,3)20-12(18)16-5-11-4-10(16)6-17(11)14(7-15)8-19-9-14;1-13(2,3)19-12(17)15-6-11-5-10(15)7-16(11)14(4)8-18-9-14;1-11(2,3)14-10(13)12-7-8-4-5-9(12)6-8;1-9(5-12-6-9)11-4-7-2-8(11)3-10-7;1-3-8-4(6)2-5(7)9-3;1-2-4-5-3-1;4-3-1-5-2-3;1-2/h4,10-11H,3,5-8H2,1-2H3;10-11H,4-6,8-9H2,1-3H3;10-11H,5-9H2,1-4H3;8-9H,4-7H2,1-3H3;7-8,10H,2-6H2,1H3;2H,1H3;1-4H2;1-2H2;1-2H3/t10-,11-;2*10-,11?;8?,9-;7-,8?;;;;/m00010..../s1/i;;;;;;;;1D. The molecule has 594 valence electrons. The Morgan fingerprint density at radius 2 is 0.943 bits per heavy atom. The smallest absolute Gasteiger partial charge is 0.410 e. The molecule has 10 atom stereocenters. The Balaban J connectivity index is 0.000000134. The number of halogens is 3. The third kappa shape index (κ3) is 20.9. The van der Waals surface area contributed by atoms with Crippen LogP contribution in [0.5, 0.6) is 0 Å². The lowest BCUT2D eigenvalue weighted by Gasteiger charge is -2.50.